The van der Waals surface area contributed by atoms with Gasteiger partial charge >= 0.3 is 11.5 Å². The van der Waals surface area contributed by atoms with Crippen LogP contribution < -0.4 is 0 Å². The van der Waals surface area contributed by atoms with Crippen molar-refractivity contribution in [1.82, 2.24) is 0 Å². The highest BCUT2D eigenvalue weighted by molar-refractivity contribution is 7.98. The van der Waals surface area contributed by atoms with Gasteiger partial charge in [0.1, 0.15) is 0 Å². The fraction of sp³-hybridized carbons (Fsp3) is 0.133. The molecular formula is C15H10ClF3O4S2. The third-order valence-corrected chi connectivity index (χ3v) is 5.78. The monoisotopic (exact) mass is 410 g/mol. The summed E-state index contributed by atoms with van der Waals surface area (Å²) in [6.07, 6.45) is 0. The lowest BCUT2D eigenvalue weighted by Gasteiger charge is -2.11. The lowest BCUT2D eigenvalue weighted by atomic mass is 10.2. The lowest BCUT2D eigenvalue weighted by molar-refractivity contribution is -0.0436. The molecule has 10 heteroatoms. The third kappa shape index (κ3) is 4.68. The molecule has 0 bridgehead atoms. The van der Waals surface area contributed by atoms with Crippen molar-refractivity contribution in [2.24, 2.45) is 0 Å². The largest absolute Gasteiger partial charge is 0.501 e. The highest BCUT2D eigenvalue weighted by Gasteiger charge is 2.47. The number of carboxylic acids is 1. The van der Waals surface area contributed by atoms with Gasteiger partial charge in [0.15, 0.2) is 0 Å². The van der Waals surface area contributed by atoms with Crippen LogP contribution in [0, 0.1) is 0 Å². The molecule has 0 amide bonds. The Bertz CT molecular complexity index is 911. The van der Waals surface area contributed by atoms with Crippen molar-refractivity contribution in [1.29, 1.82) is 0 Å². The number of benzene rings is 2. The van der Waals surface area contributed by atoms with Crippen LogP contribution >= 0.6 is 23.4 Å². The van der Waals surface area contributed by atoms with Crippen LogP contribution in [0.1, 0.15) is 15.9 Å². The summed E-state index contributed by atoms with van der Waals surface area (Å²) < 4.78 is 61.3. The first kappa shape index (κ1) is 19.6. The van der Waals surface area contributed by atoms with Gasteiger partial charge in [0, 0.05) is 15.7 Å². The average Bonchev–Trinajstić information content (AvgIpc) is 2.51. The maximum atomic E-state index is 12.7. The van der Waals surface area contributed by atoms with Gasteiger partial charge in [0.25, 0.3) is 9.84 Å². The summed E-state index contributed by atoms with van der Waals surface area (Å²) in [6, 6.07) is 9.13. The zero-order valence-electron chi connectivity index (χ0n) is 12.2. The number of rotatable bonds is 5. The van der Waals surface area contributed by atoms with Crippen LogP contribution in [0.25, 0.3) is 0 Å². The maximum absolute atomic E-state index is 12.7. The molecule has 134 valence electrons. The fourth-order valence-electron chi connectivity index (χ4n) is 1.86. The second-order valence-corrected chi connectivity index (χ2v) is 8.29. The molecule has 0 atom stereocenters. The Balaban J connectivity index is 2.40. The first-order valence-corrected chi connectivity index (χ1v) is 9.42. The third-order valence-electron chi connectivity index (χ3n) is 3.04. The number of carboxylic acid groups (broad SMARTS) is 1. The van der Waals surface area contributed by atoms with E-state index in [0.717, 1.165) is 29.5 Å². The van der Waals surface area contributed by atoms with Crippen LogP contribution in [0.5, 0.6) is 0 Å². The van der Waals surface area contributed by atoms with Gasteiger partial charge < -0.3 is 5.11 Å². The topological polar surface area (TPSA) is 71.4 Å². The lowest BCUT2D eigenvalue weighted by Crippen LogP contribution is -2.23. The Labute approximate surface area is 150 Å². The maximum Gasteiger partial charge on any atom is 0.501 e. The number of hydrogen-bond donors (Lipinski definition) is 1. The Morgan fingerprint density at radius 2 is 1.84 bits per heavy atom. The van der Waals surface area contributed by atoms with Gasteiger partial charge in [-0.25, -0.2) is 13.2 Å². The highest BCUT2D eigenvalue weighted by atomic mass is 35.5. The number of sulfone groups is 1. The van der Waals surface area contributed by atoms with Crippen molar-refractivity contribution < 1.29 is 31.5 Å². The average molecular weight is 411 g/mol. The molecule has 0 aliphatic heterocycles. The van der Waals surface area contributed by atoms with Crippen molar-refractivity contribution in [3.05, 3.63) is 58.6 Å². The Morgan fingerprint density at radius 3 is 2.40 bits per heavy atom. The van der Waals surface area contributed by atoms with E-state index in [0.29, 0.717) is 11.1 Å². The standard InChI is InChI=1S/C15H10ClF3O4S2/c16-11-3-1-2-9(4-11)8-24-12-5-10(14(20)21)6-13(7-12)25(22,23)15(17,18)19/h1-7H,8H2,(H,20,21). The number of halogens is 4. The van der Waals surface area contributed by atoms with E-state index in [4.69, 9.17) is 16.7 Å². The molecule has 2 aromatic rings. The van der Waals surface area contributed by atoms with E-state index in [1.165, 1.54) is 0 Å². The number of thioether (sulfide) groups is 1. The molecule has 0 aliphatic rings. The second kappa shape index (κ2) is 7.27. The van der Waals surface area contributed by atoms with Gasteiger partial charge in [-0.2, -0.15) is 13.2 Å². The summed E-state index contributed by atoms with van der Waals surface area (Å²) in [5.41, 5.74) is -5.31. The van der Waals surface area contributed by atoms with E-state index in [9.17, 15) is 26.4 Å². The van der Waals surface area contributed by atoms with Crippen molar-refractivity contribution >= 4 is 39.2 Å². The van der Waals surface area contributed by atoms with Crippen LogP contribution in [-0.4, -0.2) is 25.0 Å². The minimum atomic E-state index is -5.64. The smallest absolute Gasteiger partial charge is 0.478 e. The predicted octanol–water partition coefficient (Wildman–Crippen LogP) is 4.62. The molecule has 0 radical (unpaired) electrons. The van der Waals surface area contributed by atoms with E-state index < -0.39 is 31.8 Å². The SMILES string of the molecule is O=C(O)c1cc(SCc2cccc(Cl)c2)cc(S(=O)(=O)C(F)(F)F)c1. The van der Waals surface area contributed by atoms with Crippen LogP contribution in [0.2, 0.25) is 5.02 Å². The van der Waals surface area contributed by atoms with Gasteiger partial charge in [-0.1, -0.05) is 23.7 Å². The molecule has 0 spiro atoms. The van der Waals surface area contributed by atoms with Crippen molar-refractivity contribution in [3.63, 3.8) is 0 Å². The quantitative estimate of drug-likeness (QED) is 0.728. The molecule has 4 nitrogen and oxygen atoms in total. The second-order valence-electron chi connectivity index (χ2n) is 4.87. The molecule has 0 saturated carbocycles. The molecule has 1 N–H and O–H groups in total. The molecule has 25 heavy (non-hydrogen) atoms. The predicted molar refractivity (Wildman–Crippen MR) is 87.7 cm³/mol. The zero-order chi connectivity index (χ0) is 18.8. The van der Waals surface area contributed by atoms with E-state index in [2.05, 4.69) is 0 Å². The molecule has 0 fully saturated rings. The van der Waals surface area contributed by atoms with E-state index >= 15 is 0 Å². The van der Waals surface area contributed by atoms with Gasteiger partial charge in [0.2, 0.25) is 0 Å². The minimum Gasteiger partial charge on any atom is -0.478 e. The Hall–Kier alpha value is -1.71. The molecule has 0 aliphatic carbocycles. The Kier molecular flexibility index (Phi) is 5.70. The summed E-state index contributed by atoms with van der Waals surface area (Å²) in [5, 5.41) is 9.49. The van der Waals surface area contributed by atoms with Crippen molar-refractivity contribution in [2.45, 2.75) is 21.1 Å². The molecule has 2 aromatic carbocycles. The van der Waals surface area contributed by atoms with Crippen LogP contribution in [0.3, 0.4) is 0 Å². The van der Waals surface area contributed by atoms with E-state index in [1.54, 1.807) is 24.3 Å². The number of hydrogen-bond acceptors (Lipinski definition) is 4. The van der Waals surface area contributed by atoms with Crippen LogP contribution in [0.4, 0.5) is 13.2 Å². The summed E-state index contributed by atoms with van der Waals surface area (Å²) in [7, 11) is -5.64. The number of carbonyl (C=O) groups is 1. The zero-order valence-corrected chi connectivity index (χ0v) is 14.6. The van der Waals surface area contributed by atoms with Crippen LogP contribution in [0.15, 0.2) is 52.3 Å². The Morgan fingerprint density at radius 1 is 1.16 bits per heavy atom. The molecular weight excluding hydrogens is 401 g/mol. The van der Waals surface area contributed by atoms with Crippen LogP contribution in [-0.2, 0) is 15.6 Å². The van der Waals surface area contributed by atoms with E-state index in [1.807, 2.05) is 0 Å². The summed E-state index contributed by atoms with van der Waals surface area (Å²) in [4.78, 5) is 10.1. The minimum absolute atomic E-state index is 0.0858. The first-order valence-electron chi connectivity index (χ1n) is 6.58. The van der Waals surface area contributed by atoms with Crippen molar-refractivity contribution in [2.75, 3.05) is 0 Å². The normalized spacial score (nSPS) is 12.2. The van der Waals surface area contributed by atoms with Gasteiger partial charge in [-0.3, -0.25) is 0 Å². The summed E-state index contributed by atoms with van der Waals surface area (Å²) in [6.45, 7) is 0. The van der Waals surface area contributed by atoms with Gasteiger partial charge in [-0.05, 0) is 35.9 Å². The molecule has 0 aromatic heterocycles. The highest BCUT2D eigenvalue weighted by Crippen LogP contribution is 2.34. The summed E-state index contributed by atoms with van der Waals surface area (Å²) >= 11 is 6.84. The summed E-state index contributed by atoms with van der Waals surface area (Å²) in [5.74, 6) is -1.25. The molecule has 0 saturated heterocycles. The number of alkyl halides is 3. The first-order chi connectivity index (χ1) is 11.5. The van der Waals surface area contributed by atoms with Gasteiger partial charge in [0.05, 0.1) is 10.5 Å². The molecule has 0 unspecified atom stereocenters. The van der Waals surface area contributed by atoms with E-state index in [-0.39, 0.29) is 10.6 Å². The van der Waals surface area contributed by atoms with Gasteiger partial charge in [-0.15, -0.1) is 11.8 Å². The fourth-order valence-corrected chi connectivity index (χ4v) is 3.91. The van der Waals surface area contributed by atoms with Crippen molar-refractivity contribution in [3.8, 4) is 0 Å². The number of aromatic carboxylic acids is 1. The molecule has 0 heterocycles. The molecule has 2 rings (SSSR count).